The van der Waals surface area contributed by atoms with Gasteiger partial charge in [-0.1, -0.05) is 37.3 Å². The van der Waals surface area contributed by atoms with Gasteiger partial charge in [0, 0.05) is 6.04 Å². The van der Waals surface area contributed by atoms with Gasteiger partial charge in [0.05, 0.1) is 12.5 Å². The molecule has 0 aromatic heterocycles. The van der Waals surface area contributed by atoms with Crippen LogP contribution in [-0.4, -0.2) is 18.4 Å². The minimum atomic E-state index is -0.571. The van der Waals surface area contributed by atoms with Crippen LogP contribution in [0.1, 0.15) is 18.5 Å². The Bertz CT molecular complexity index is 392. The van der Waals surface area contributed by atoms with E-state index in [2.05, 4.69) is 5.32 Å². The van der Waals surface area contributed by atoms with Crippen LogP contribution in [0.25, 0.3) is 0 Å². The molecule has 2 unspecified atom stereocenters. The van der Waals surface area contributed by atoms with Crippen LogP contribution in [0.15, 0.2) is 30.3 Å². The van der Waals surface area contributed by atoms with Crippen molar-refractivity contribution in [3.05, 3.63) is 35.9 Å². The summed E-state index contributed by atoms with van der Waals surface area (Å²) in [5.74, 6) is -1.27. The molecule has 0 saturated heterocycles. The first-order chi connectivity index (χ1) is 8.02. The lowest BCUT2D eigenvalue weighted by molar-refractivity contribution is -0.127. The smallest absolute Gasteiger partial charge is 0.236 e. The lowest BCUT2D eigenvalue weighted by Gasteiger charge is -2.19. The Kier molecular flexibility index (Phi) is 4.66. The molecule has 0 aliphatic heterocycles. The Morgan fingerprint density at radius 3 is 2.41 bits per heavy atom. The van der Waals surface area contributed by atoms with Gasteiger partial charge in [0.1, 0.15) is 0 Å². The van der Waals surface area contributed by atoms with Gasteiger partial charge in [0.2, 0.25) is 11.8 Å². The van der Waals surface area contributed by atoms with Crippen LogP contribution in [0.4, 0.5) is 0 Å². The fourth-order valence-electron chi connectivity index (χ4n) is 1.46. The van der Waals surface area contributed by atoms with E-state index in [0.717, 1.165) is 5.56 Å². The third-order valence-electron chi connectivity index (χ3n) is 2.57. The van der Waals surface area contributed by atoms with Crippen molar-refractivity contribution in [1.29, 1.82) is 0 Å². The summed E-state index contributed by atoms with van der Waals surface area (Å²) in [4.78, 5) is 22.2. The quantitative estimate of drug-likeness (QED) is 0.666. The van der Waals surface area contributed by atoms with Gasteiger partial charge in [0.15, 0.2) is 0 Å². The molecule has 5 N–H and O–H groups in total. The fourth-order valence-corrected chi connectivity index (χ4v) is 1.46. The van der Waals surface area contributed by atoms with Crippen molar-refractivity contribution >= 4 is 11.8 Å². The zero-order valence-corrected chi connectivity index (χ0v) is 9.72. The van der Waals surface area contributed by atoms with Crippen LogP contribution in [0.2, 0.25) is 0 Å². The molecule has 5 heteroatoms. The van der Waals surface area contributed by atoms with Crippen molar-refractivity contribution in [1.82, 2.24) is 5.32 Å². The highest BCUT2D eigenvalue weighted by Crippen LogP contribution is 2.18. The molecule has 17 heavy (non-hydrogen) atoms. The highest BCUT2D eigenvalue weighted by atomic mass is 16.2. The van der Waals surface area contributed by atoms with Crippen LogP contribution in [0, 0.1) is 5.92 Å². The second kappa shape index (κ2) is 6.00. The molecule has 5 nitrogen and oxygen atoms in total. The molecule has 92 valence electrons. The van der Waals surface area contributed by atoms with E-state index in [0.29, 0.717) is 0 Å². The van der Waals surface area contributed by atoms with E-state index in [9.17, 15) is 9.59 Å². The highest BCUT2D eigenvalue weighted by Gasteiger charge is 2.21. The first-order valence-corrected chi connectivity index (χ1v) is 5.39. The van der Waals surface area contributed by atoms with Crippen molar-refractivity contribution in [3.63, 3.8) is 0 Å². The molecule has 0 bridgehead atoms. The van der Waals surface area contributed by atoms with Gasteiger partial charge in [-0.2, -0.15) is 0 Å². The van der Waals surface area contributed by atoms with E-state index < -0.39 is 17.9 Å². The summed E-state index contributed by atoms with van der Waals surface area (Å²) < 4.78 is 0. The van der Waals surface area contributed by atoms with Crippen molar-refractivity contribution in [2.75, 3.05) is 6.54 Å². The number of carbonyl (C=O) groups excluding carboxylic acids is 2. The minimum Gasteiger partial charge on any atom is -0.368 e. The van der Waals surface area contributed by atoms with Gasteiger partial charge in [0.25, 0.3) is 0 Å². The van der Waals surface area contributed by atoms with Crippen molar-refractivity contribution in [2.45, 2.75) is 13.0 Å². The van der Waals surface area contributed by atoms with Gasteiger partial charge >= 0.3 is 0 Å². The minimum absolute atomic E-state index is 0.162. The van der Waals surface area contributed by atoms with Crippen molar-refractivity contribution in [2.24, 2.45) is 17.4 Å². The summed E-state index contributed by atoms with van der Waals surface area (Å²) in [5, 5.41) is 2.44. The predicted octanol–water partition coefficient (Wildman–Crippen LogP) is -0.0760. The van der Waals surface area contributed by atoms with Crippen LogP contribution in [0.3, 0.4) is 0 Å². The molecule has 0 heterocycles. The maximum Gasteiger partial charge on any atom is 0.236 e. The molecule has 0 fully saturated rings. The van der Waals surface area contributed by atoms with E-state index in [1.54, 1.807) is 6.92 Å². The van der Waals surface area contributed by atoms with E-state index in [1.807, 2.05) is 30.3 Å². The number of nitrogens with two attached hydrogens (primary N) is 2. The lowest BCUT2D eigenvalue weighted by atomic mass is 9.95. The Morgan fingerprint density at radius 2 is 1.88 bits per heavy atom. The number of primary amides is 1. The molecule has 0 saturated carbocycles. The summed E-state index contributed by atoms with van der Waals surface area (Å²) in [7, 11) is 0. The molecule has 1 aromatic rings. The van der Waals surface area contributed by atoms with Crippen LogP contribution in [0.5, 0.6) is 0 Å². The van der Waals surface area contributed by atoms with Crippen LogP contribution < -0.4 is 16.8 Å². The monoisotopic (exact) mass is 235 g/mol. The summed E-state index contributed by atoms with van der Waals surface area (Å²) in [6, 6.07) is 8.94. The van der Waals surface area contributed by atoms with Gasteiger partial charge < -0.3 is 16.8 Å². The molecule has 0 spiro atoms. The van der Waals surface area contributed by atoms with Gasteiger partial charge in [-0.25, -0.2) is 0 Å². The summed E-state index contributed by atoms with van der Waals surface area (Å²) in [5.41, 5.74) is 11.8. The first-order valence-electron chi connectivity index (χ1n) is 5.39. The maximum atomic E-state index is 11.7. The highest BCUT2D eigenvalue weighted by molar-refractivity contribution is 5.85. The largest absolute Gasteiger partial charge is 0.368 e. The Labute approximate surface area is 100 Å². The van der Waals surface area contributed by atoms with E-state index >= 15 is 0 Å². The molecule has 2 amide bonds. The summed E-state index contributed by atoms with van der Waals surface area (Å²) in [6.45, 7) is 1.55. The van der Waals surface area contributed by atoms with Crippen molar-refractivity contribution in [3.8, 4) is 0 Å². The Morgan fingerprint density at radius 1 is 1.29 bits per heavy atom. The molecule has 0 aliphatic rings. The standard InChI is InChI=1S/C12H17N3O2/c1-8(12(17)15-7-10(13)16)11(14)9-5-3-2-4-6-9/h2-6,8,11H,7,14H2,1H3,(H2,13,16)(H,15,17). The molecule has 2 atom stereocenters. The third-order valence-corrected chi connectivity index (χ3v) is 2.57. The topological polar surface area (TPSA) is 98.2 Å². The molecule has 0 radical (unpaired) electrons. The first kappa shape index (κ1) is 13.2. The molecule has 1 rings (SSSR count). The van der Waals surface area contributed by atoms with Gasteiger partial charge in [-0.05, 0) is 5.56 Å². The number of hydrogen-bond acceptors (Lipinski definition) is 3. The maximum absolute atomic E-state index is 11.7. The SMILES string of the molecule is CC(C(=O)NCC(N)=O)C(N)c1ccccc1. The number of rotatable bonds is 5. The summed E-state index contributed by atoms with van der Waals surface area (Å²) in [6.07, 6.45) is 0. The molecule has 1 aromatic carbocycles. The average Bonchev–Trinajstić information content (AvgIpc) is 2.35. The second-order valence-corrected chi connectivity index (χ2v) is 3.91. The normalized spacial score (nSPS) is 13.8. The predicted molar refractivity (Wildman–Crippen MR) is 64.7 cm³/mol. The van der Waals surface area contributed by atoms with E-state index in [4.69, 9.17) is 11.5 Å². The molecule has 0 aliphatic carbocycles. The number of amides is 2. The number of benzene rings is 1. The molecular formula is C12H17N3O2. The van der Waals surface area contributed by atoms with Crippen LogP contribution >= 0.6 is 0 Å². The third kappa shape index (κ3) is 3.88. The van der Waals surface area contributed by atoms with Gasteiger partial charge in [-0.3, -0.25) is 9.59 Å². The number of hydrogen-bond donors (Lipinski definition) is 3. The van der Waals surface area contributed by atoms with E-state index in [1.165, 1.54) is 0 Å². The molecular weight excluding hydrogens is 218 g/mol. The summed E-state index contributed by atoms with van der Waals surface area (Å²) >= 11 is 0. The van der Waals surface area contributed by atoms with E-state index in [-0.39, 0.29) is 12.5 Å². The lowest BCUT2D eigenvalue weighted by Crippen LogP contribution is -2.39. The van der Waals surface area contributed by atoms with Gasteiger partial charge in [-0.15, -0.1) is 0 Å². The number of carbonyl (C=O) groups is 2. The fraction of sp³-hybridized carbons (Fsp3) is 0.333. The Hall–Kier alpha value is -1.88. The number of nitrogens with one attached hydrogen (secondary N) is 1. The van der Waals surface area contributed by atoms with Crippen molar-refractivity contribution < 1.29 is 9.59 Å². The average molecular weight is 235 g/mol. The zero-order valence-electron chi connectivity index (χ0n) is 9.72. The second-order valence-electron chi connectivity index (χ2n) is 3.91. The zero-order chi connectivity index (χ0) is 12.8. The Balaban J connectivity index is 2.60. The van der Waals surface area contributed by atoms with Crippen LogP contribution in [-0.2, 0) is 9.59 Å².